The topological polar surface area (TPSA) is 32.8 Å². The molecule has 1 amide bonds. The number of allylic oxidation sites excluding steroid dienone is 2. The molecule has 1 fully saturated rings. The molecular formula is C25H24N2O2. The van der Waals surface area contributed by atoms with Gasteiger partial charge in [-0.05, 0) is 41.7 Å². The standard InChI is InChI=1S/C25H24N2O2/c1-29-21-15-18-11-12-22(28)27-20-10-6-5-9-19(20)25(23(18)27)13-14-26(24(21)25)16-17-7-3-2-4-8-17/h2-10,15,24H,11-14,16H2,1H3/t24-,25-/m0/s1. The number of hydrogen-bond acceptors (Lipinski definition) is 3. The van der Waals surface area contributed by atoms with Gasteiger partial charge in [0.05, 0.1) is 24.3 Å². The predicted molar refractivity (Wildman–Crippen MR) is 112 cm³/mol. The van der Waals surface area contributed by atoms with E-state index in [0.717, 1.165) is 37.4 Å². The number of anilines is 1. The maximum Gasteiger partial charge on any atom is 0.231 e. The number of likely N-dealkylation sites (tertiary alicyclic amines) is 1. The van der Waals surface area contributed by atoms with Crippen LogP contribution in [0.2, 0.25) is 0 Å². The van der Waals surface area contributed by atoms with Gasteiger partial charge in [0.15, 0.2) is 0 Å². The van der Waals surface area contributed by atoms with Gasteiger partial charge in [0, 0.05) is 25.2 Å². The van der Waals surface area contributed by atoms with E-state index in [0.29, 0.717) is 6.42 Å². The Morgan fingerprint density at radius 2 is 1.86 bits per heavy atom. The number of benzene rings is 2. The summed E-state index contributed by atoms with van der Waals surface area (Å²) in [5.41, 5.74) is 5.96. The fraction of sp³-hybridized carbons (Fsp3) is 0.320. The quantitative estimate of drug-likeness (QED) is 0.797. The number of ether oxygens (including phenoxy) is 1. The highest BCUT2D eigenvalue weighted by Crippen LogP contribution is 2.61. The number of hydrogen-bond donors (Lipinski definition) is 0. The van der Waals surface area contributed by atoms with Crippen molar-refractivity contribution < 1.29 is 9.53 Å². The summed E-state index contributed by atoms with van der Waals surface area (Å²) in [6.45, 7) is 1.86. The summed E-state index contributed by atoms with van der Waals surface area (Å²) in [5.74, 6) is 1.26. The molecule has 29 heavy (non-hydrogen) atoms. The summed E-state index contributed by atoms with van der Waals surface area (Å²) in [4.78, 5) is 17.6. The van der Waals surface area contributed by atoms with Crippen molar-refractivity contribution in [2.24, 2.45) is 0 Å². The number of nitrogens with zero attached hydrogens (tertiary/aromatic N) is 2. The molecule has 2 aromatic carbocycles. The molecule has 4 nitrogen and oxygen atoms in total. The lowest BCUT2D eigenvalue weighted by molar-refractivity contribution is -0.118. The Labute approximate surface area is 171 Å². The van der Waals surface area contributed by atoms with Gasteiger partial charge in [-0.25, -0.2) is 0 Å². The molecule has 1 saturated heterocycles. The Morgan fingerprint density at radius 1 is 1.07 bits per heavy atom. The number of fused-ring (bicyclic) bond motifs is 2. The highest BCUT2D eigenvalue weighted by molar-refractivity contribution is 6.03. The highest BCUT2D eigenvalue weighted by Gasteiger charge is 2.62. The van der Waals surface area contributed by atoms with E-state index in [4.69, 9.17) is 4.74 Å². The first kappa shape index (κ1) is 17.0. The van der Waals surface area contributed by atoms with E-state index < -0.39 is 0 Å². The second-order valence-corrected chi connectivity index (χ2v) is 8.45. The van der Waals surface area contributed by atoms with Gasteiger partial charge in [-0.3, -0.25) is 14.6 Å². The molecule has 3 aliphatic heterocycles. The van der Waals surface area contributed by atoms with Gasteiger partial charge >= 0.3 is 0 Å². The smallest absolute Gasteiger partial charge is 0.231 e. The van der Waals surface area contributed by atoms with Crippen LogP contribution in [0.3, 0.4) is 0 Å². The van der Waals surface area contributed by atoms with Gasteiger partial charge in [-0.2, -0.15) is 0 Å². The number of carbonyl (C=O) groups is 1. The molecule has 3 heterocycles. The molecule has 0 radical (unpaired) electrons. The lowest BCUT2D eigenvalue weighted by Gasteiger charge is -2.43. The van der Waals surface area contributed by atoms with Crippen molar-refractivity contribution in [2.75, 3.05) is 18.6 Å². The normalized spacial score (nSPS) is 27.5. The van der Waals surface area contributed by atoms with Crippen LogP contribution in [0.5, 0.6) is 0 Å². The van der Waals surface area contributed by atoms with Gasteiger partial charge in [-0.15, -0.1) is 0 Å². The number of para-hydroxylation sites is 1. The molecule has 0 bridgehead atoms. The van der Waals surface area contributed by atoms with Crippen LogP contribution in [-0.2, 0) is 21.5 Å². The Kier molecular flexibility index (Phi) is 3.57. The molecule has 1 aliphatic carbocycles. The first-order chi connectivity index (χ1) is 14.2. The average molecular weight is 384 g/mol. The summed E-state index contributed by atoms with van der Waals surface area (Å²) >= 11 is 0. The molecule has 0 N–H and O–H groups in total. The molecule has 0 unspecified atom stereocenters. The van der Waals surface area contributed by atoms with Crippen LogP contribution in [0.1, 0.15) is 30.4 Å². The lowest BCUT2D eigenvalue weighted by atomic mass is 9.68. The number of carbonyl (C=O) groups excluding carboxylic acids is 1. The van der Waals surface area contributed by atoms with E-state index >= 15 is 0 Å². The minimum atomic E-state index is -0.198. The fourth-order valence-electron chi connectivity index (χ4n) is 6.05. The predicted octanol–water partition coefficient (Wildman–Crippen LogP) is 4.14. The zero-order valence-corrected chi connectivity index (χ0v) is 16.6. The molecular weight excluding hydrogens is 360 g/mol. The van der Waals surface area contributed by atoms with Gasteiger partial charge < -0.3 is 4.74 Å². The number of amides is 1. The van der Waals surface area contributed by atoms with Crippen LogP contribution < -0.4 is 4.90 Å². The Balaban J connectivity index is 1.55. The van der Waals surface area contributed by atoms with E-state index in [1.54, 1.807) is 7.11 Å². The van der Waals surface area contributed by atoms with E-state index in [1.165, 1.54) is 22.4 Å². The van der Waals surface area contributed by atoms with Crippen molar-refractivity contribution in [1.82, 2.24) is 4.90 Å². The van der Waals surface area contributed by atoms with E-state index in [-0.39, 0.29) is 17.4 Å². The zero-order chi connectivity index (χ0) is 19.6. The first-order valence-corrected chi connectivity index (χ1v) is 10.4. The van der Waals surface area contributed by atoms with Crippen molar-refractivity contribution in [3.8, 4) is 0 Å². The van der Waals surface area contributed by atoms with Crippen LogP contribution in [0, 0.1) is 0 Å². The summed E-state index contributed by atoms with van der Waals surface area (Å²) in [6, 6.07) is 19.2. The summed E-state index contributed by atoms with van der Waals surface area (Å²) in [7, 11) is 1.79. The molecule has 6 rings (SSSR count). The Bertz CT molecular complexity index is 1070. The third-order valence-corrected chi connectivity index (χ3v) is 7.11. The van der Waals surface area contributed by atoms with Crippen molar-refractivity contribution in [3.63, 3.8) is 0 Å². The summed E-state index contributed by atoms with van der Waals surface area (Å²) < 4.78 is 5.99. The van der Waals surface area contributed by atoms with Gasteiger partial charge in [0.2, 0.25) is 5.91 Å². The van der Waals surface area contributed by atoms with Crippen molar-refractivity contribution in [1.29, 1.82) is 0 Å². The van der Waals surface area contributed by atoms with Crippen molar-refractivity contribution in [2.45, 2.75) is 37.3 Å². The monoisotopic (exact) mass is 384 g/mol. The minimum Gasteiger partial charge on any atom is -0.499 e. The largest absolute Gasteiger partial charge is 0.499 e. The Hall–Kier alpha value is -2.85. The van der Waals surface area contributed by atoms with Gasteiger partial charge in [0.25, 0.3) is 0 Å². The van der Waals surface area contributed by atoms with E-state index in [1.807, 2.05) is 11.0 Å². The SMILES string of the molecule is COC1=CC2=C3N(C(=O)CC2)c2ccccc2[C@@]32CCN(Cc3ccccc3)[C@@H]12. The number of methoxy groups -OCH3 is 1. The third-order valence-electron chi connectivity index (χ3n) is 7.11. The maximum absolute atomic E-state index is 13.0. The second-order valence-electron chi connectivity index (χ2n) is 8.45. The average Bonchev–Trinajstić information content (AvgIpc) is 3.28. The molecule has 4 aliphatic rings. The molecule has 2 aromatic rings. The molecule has 0 aromatic heterocycles. The van der Waals surface area contributed by atoms with Crippen molar-refractivity contribution in [3.05, 3.63) is 88.8 Å². The van der Waals surface area contributed by atoms with E-state index in [2.05, 4.69) is 59.5 Å². The third kappa shape index (κ3) is 2.15. The van der Waals surface area contributed by atoms with Gasteiger partial charge in [-0.1, -0.05) is 48.5 Å². The van der Waals surface area contributed by atoms with Gasteiger partial charge in [0.1, 0.15) is 5.76 Å². The molecule has 2 atom stereocenters. The van der Waals surface area contributed by atoms with Crippen LogP contribution >= 0.6 is 0 Å². The van der Waals surface area contributed by atoms with Crippen LogP contribution in [0.25, 0.3) is 0 Å². The first-order valence-electron chi connectivity index (χ1n) is 10.4. The highest BCUT2D eigenvalue weighted by atomic mass is 16.5. The maximum atomic E-state index is 13.0. The zero-order valence-electron chi connectivity index (χ0n) is 16.6. The van der Waals surface area contributed by atoms with Crippen molar-refractivity contribution >= 4 is 11.6 Å². The number of rotatable bonds is 3. The minimum absolute atomic E-state index is 0.114. The van der Waals surface area contributed by atoms with Crippen LogP contribution in [0.4, 0.5) is 5.69 Å². The summed E-state index contributed by atoms with van der Waals surface area (Å²) in [5, 5.41) is 0. The Morgan fingerprint density at radius 3 is 2.69 bits per heavy atom. The molecule has 4 heteroatoms. The van der Waals surface area contributed by atoms with Crippen LogP contribution in [0.15, 0.2) is 77.7 Å². The second kappa shape index (κ2) is 6.07. The van der Waals surface area contributed by atoms with E-state index in [9.17, 15) is 4.79 Å². The summed E-state index contributed by atoms with van der Waals surface area (Å²) in [6.07, 6.45) is 4.59. The molecule has 1 spiro atoms. The molecule has 0 saturated carbocycles. The lowest BCUT2D eigenvalue weighted by Crippen LogP contribution is -2.49. The fourth-order valence-corrected chi connectivity index (χ4v) is 6.05. The molecule has 146 valence electrons. The van der Waals surface area contributed by atoms with Crippen LogP contribution in [-0.4, -0.2) is 30.5 Å².